The zero-order valence-electron chi connectivity index (χ0n) is 12.7. The summed E-state index contributed by atoms with van der Waals surface area (Å²) in [5.41, 5.74) is 2.56. The van der Waals surface area contributed by atoms with E-state index in [0.717, 1.165) is 11.3 Å². The average Bonchev–Trinajstić information content (AvgIpc) is 2.61. The number of rotatable bonds is 3. The zero-order valence-corrected chi connectivity index (χ0v) is 12.7. The summed E-state index contributed by atoms with van der Waals surface area (Å²) in [6.45, 7) is 0. The van der Waals surface area contributed by atoms with Crippen molar-refractivity contribution < 1.29 is 19.1 Å². The Bertz CT molecular complexity index is 775. The van der Waals surface area contributed by atoms with Gasteiger partial charge in [0.25, 0.3) is 0 Å². The molecule has 4 heteroatoms. The van der Waals surface area contributed by atoms with Crippen LogP contribution in [0, 0.1) is 0 Å². The monoisotopic (exact) mass is 308 g/mol. The molecule has 2 aromatic carbocycles. The van der Waals surface area contributed by atoms with Crippen LogP contribution in [0.15, 0.2) is 60.4 Å². The number of Topliss-reactive ketones (excluding diaryl/α,β-unsaturated/α-hetero) is 1. The normalized spacial score (nSPS) is 15.2. The van der Waals surface area contributed by atoms with E-state index in [-0.39, 0.29) is 5.78 Å². The van der Waals surface area contributed by atoms with Gasteiger partial charge in [0, 0.05) is 11.1 Å². The Morgan fingerprint density at radius 2 is 1.87 bits per heavy atom. The second kappa shape index (κ2) is 6.48. The number of fused-ring (bicyclic) bond motifs is 1. The molecule has 0 spiro atoms. The Labute approximate surface area is 134 Å². The number of carbonyl (C=O) groups excluding carboxylic acids is 2. The molecule has 0 atom stereocenters. The molecule has 2 aromatic rings. The lowest BCUT2D eigenvalue weighted by atomic mass is 9.87. The number of esters is 1. The molecule has 23 heavy (non-hydrogen) atoms. The fourth-order valence-corrected chi connectivity index (χ4v) is 2.56. The largest absolute Gasteiger partial charge is 0.497 e. The number of hydrogen-bond acceptors (Lipinski definition) is 4. The molecular weight excluding hydrogens is 292 g/mol. The summed E-state index contributed by atoms with van der Waals surface area (Å²) in [6.07, 6.45) is 2.54. The Kier molecular flexibility index (Phi) is 4.24. The van der Waals surface area contributed by atoms with Crippen LogP contribution < -0.4 is 4.74 Å². The highest BCUT2D eigenvalue weighted by Crippen LogP contribution is 2.28. The van der Waals surface area contributed by atoms with Gasteiger partial charge in [0.15, 0.2) is 5.78 Å². The molecule has 0 saturated carbocycles. The van der Waals surface area contributed by atoms with E-state index in [4.69, 9.17) is 9.47 Å². The van der Waals surface area contributed by atoms with Gasteiger partial charge in [-0.15, -0.1) is 0 Å². The van der Waals surface area contributed by atoms with Gasteiger partial charge in [-0.25, -0.2) is 4.79 Å². The molecule has 1 aliphatic carbocycles. The number of hydrogen-bond donors (Lipinski definition) is 0. The molecule has 0 amide bonds. The first-order chi connectivity index (χ1) is 11.2. The fraction of sp³-hybridized carbons (Fsp3) is 0.158. The van der Waals surface area contributed by atoms with Gasteiger partial charge < -0.3 is 9.47 Å². The predicted octanol–water partition coefficient (Wildman–Crippen LogP) is 3.57. The Morgan fingerprint density at radius 1 is 1.09 bits per heavy atom. The minimum atomic E-state index is -0.466. The summed E-state index contributed by atoms with van der Waals surface area (Å²) in [4.78, 5) is 24.4. The molecule has 116 valence electrons. The first-order valence-electron chi connectivity index (χ1n) is 7.35. The number of ether oxygens (including phenoxy) is 2. The average molecular weight is 308 g/mol. The van der Waals surface area contributed by atoms with Crippen LogP contribution in [-0.4, -0.2) is 18.9 Å². The maximum atomic E-state index is 12.5. The van der Waals surface area contributed by atoms with Gasteiger partial charge in [-0.3, -0.25) is 4.79 Å². The van der Waals surface area contributed by atoms with Crippen LogP contribution >= 0.6 is 0 Å². The fourth-order valence-electron chi connectivity index (χ4n) is 2.56. The molecule has 0 fully saturated rings. The van der Waals surface area contributed by atoms with Crippen molar-refractivity contribution >= 4 is 11.8 Å². The van der Waals surface area contributed by atoms with Crippen molar-refractivity contribution in [3.63, 3.8) is 0 Å². The van der Waals surface area contributed by atoms with Crippen LogP contribution in [0.3, 0.4) is 0 Å². The topological polar surface area (TPSA) is 52.6 Å². The minimum Gasteiger partial charge on any atom is -0.497 e. The van der Waals surface area contributed by atoms with E-state index in [1.54, 1.807) is 43.5 Å². The van der Waals surface area contributed by atoms with E-state index in [2.05, 4.69) is 0 Å². The third kappa shape index (κ3) is 3.16. The molecule has 0 aliphatic heterocycles. The minimum absolute atomic E-state index is 0.102. The van der Waals surface area contributed by atoms with Gasteiger partial charge in [0.05, 0.1) is 12.7 Å². The van der Waals surface area contributed by atoms with Crippen molar-refractivity contribution in [3.05, 3.63) is 77.1 Å². The molecule has 0 radical (unpaired) electrons. The molecule has 0 bridgehead atoms. The van der Waals surface area contributed by atoms with Crippen molar-refractivity contribution in [2.75, 3.05) is 7.11 Å². The standard InChI is InChI=1S/C19H16O4/c1-22-16-9-10-17-14(11-16)7-8-15(18(17)20)12-23-19(21)13-5-3-2-4-6-13/h2-6,9-12H,7-8H2,1H3. The van der Waals surface area contributed by atoms with Gasteiger partial charge in [-0.1, -0.05) is 18.2 Å². The summed E-state index contributed by atoms with van der Waals surface area (Å²) < 4.78 is 10.3. The maximum Gasteiger partial charge on any atom is 0.342 e. The Morgan fingerprint density at radius 3 is 2.61 bits per heavy atom. The number of methoxy groups -OCH3 is 1. The summed E-state index contributed by atoms with van der Waals surface area (Å²) >= 11 is 0. The first kappa shape index (κ1) is 15.0. The Hall–Kier alpha value is -2.88. The number of allylic oxidation sites excluding steroid dienone is 1. The van der Waals surface area contributed by atoms with Crippen LogP contribution in [0.2, 0.25) is 0 Å². The van der Waals surface area contributed by atoms with Crippen molar-refractivity contribution in [1.29, 1.82) is 0 Å². The summed E-state index contributed by atoms with van der Waals surface area (Å²) in [7, 11) is 1.60. The van der Waals surface area contributed by atoms with E-state index >= 15 is 0 Å². The van der Waals surface area contributed by atoms with E-state index < -0.39 is 5.97 Å². The first-order valence-corrected chi connectivity index (χ1v) is 7.35. The van der Waals surface area contributed by atoms with Crippen molar-refractivity contribution in [1.82, 2.24) is 0 Å². The second-order valence-electron chi connectivity index (χ2n) is 5.27. The third-order valence-electron chi connectivity index (χ3n) is 3.83. The van der Waals surface area contributed by atoms with Gasteiger partial charge in [0.1, 0.15) is 12.0 Å². The quantitative estimate of drug-likeness (QED) is 0.494. The summed E-state index contributed by atoms with van der Waals surface area (Å²) in [5, 5.41) is 0. The van der Waals surface area contributed by atoms with E-state index in [9.17, 15) is 9.59 Å². The maximum absolute atomic E-state index is 12.5. The smallest absolute Gasteiger partial charge is 0.342 e. The highest BCUT2D eigenvalue weighted by molar-refractivity contribution is 6.10. The van der Waals surface area contributed by atoms with Gasteiger partial charge in [-0.2, -0.15) is 0 Å². The Balaban J connectivity index is 1.77. The lowest BCUT2D eigenvalue weighted by Crippen LogP contribution is -2.15. The number of carbonyl (C=O) groups is 2. The third-order valence-corrected chi connectivity index (χ3v) is 3.83. The van der Waals surface area contributed by atoms with E-state index in [1.807, 2.05) is 12.1 Å². The van der Waals surface area contributed by atoms with Crippen LogP contribution in [0.4, 0.5) is 0 Å². The molecular formula is C19H16O4. The lowest BCUT2D eigenvalue weighted by molar-refractivity contribution is 0.0659. The molecule has 0 unspecified atom stereocenters. The van der Waals surface area contributed by atoms with Gasteiger partial charge in [-0.05, 0) is 48.7 Å². The summed E-state index contributed by atoms with van der Waals surface area (Å²) in [6, 6.07) is 14.1. The van der Waals surface area contributed by atoms with Crippen LogP contribution in [0.5, 0.6) is 5.75 Å². The molecule has 0 heterocycles. The lowest BCUT2D eigenvalue weighted by Gasteiger charge is -2.17. The molecule has 3 rings (SSSR count). The van der Waals surface area contributed by atoms with Crippen LogP contribution in [-0.2, 0) is 11.2 Å². The number of aryl methyl sites for hydroxylation is 1. The predicted molar refractivity (Wildman–Crippen MR) is 85.6 cm³/mol. The van der Waals surface area contributed by atoms with Crippen LogP contribution in [0.25, 0.3) is 0 Å². The van der Waals surface area contributed by atoms with Gasteiger partial charge >= 0.3 is 5.97 Å². The van der Waals surface area contributed by atoms with E-state index in [0.29, 0.717) is 29.5 Å². The molecule has 0 N–H and O–H groups in total. The second-order valence-corrected chi connectivity index (χ2v) is 5.27. The highest BCUT2D eigenvalue weighted by Gasteiger charge is 2.23. The van der Waals surface area contributed by atoms with Crippen molar-refractivity contribution in [3.8, 4) is 5.75 Å². The molecule has 0 saturated heterocycles. The van der Waals surface area contributed by atoms with E-state index in [1.165, 1.54) is 6.26 Å². The summed E-state index contributed by atoms with van der Waals surface area (Å²) in [5.74, 6) is 0.167. The van der Waals surface area contributed by atoms with Crippen molar-refractivity contribution in [2.24, 2.45) is 0 Å². The SMILES string of the molecule is COc1ccc2c(c1)CCC(=COC(=O)c1ccccc1)C2=O. The zero-order chi connectivity index (χ0) is 16.2. The van der Waals surface area contributed by atoms with Gasteiger partial charge in [0.2, 0.25) is 0 Å². The highest BCUT2D eigenvalue weighted by atomic mass is 16.5. The molecule has 4 nitrogen and oxygen atoms in total. The number of benzene rings is 2. The number of ketones is 1. The molecule has 1 aliphatic rings. The van der Waals surface area contributed by atoms with Crippen LogP contribution in [0.1, 0.15) is 32.7 Å². The molecule has 0 aromatic heterocycles. The van der Waals surface area contributed by atoms with Crippen molar-refractivity contribution in [2.45, 2.75) is 12.8 Å².